The smallest absolute Gasteiger partial charge is 0.201 e. The van der Waals surface area contributed by atoms with Gasteiger partial charge in [0.1, 0.15) is 0 Å². The zero-order chi connectivity index (χ0) is 11.1. The van der Waals surface area contributed by atoms with Gasteiger partial charge < -0.3 is 4.42 Å². The van der Waals surface area contributed by atoms with Crippen LogP contribution in [-0.4, -0.2) is 4.98 Å². The molecule has 3 heteroatoms. The summed E-state index contributed by atoms with van der Waals surface area (Å²) < 4.78 is 6.37. The van der Waals surface area contributed by atoms with Crippen LogP contribution >= 0.6 is 15.9 Å². The molecule has 0 fully saturated rings. The Labute approximate surface area is 94.2 Å². The molecule has 0 aliphatic carbocycles. The molecule has 80 valence electrons. The van der Waals surface area contributed by atoms with Gasteiger partial charge in [0.05, 0.1) is 5.69 Å². The lowest BCUT2D eigenvalue weighted by Gasteiger charge is -2.15. The number of hydrogen-bond acceptors (Lipinski definition) is 2. The van der Waals surface area contributed by atoms with Crippen LogP contribution in [0.15, 0.2) is 9.09 Å². The summed E-state index contributed by atoms with van der Waals surface area (Å²) in [6.45, 7) is 12.7. The Balaban J connectivity index is 3.19. The van der Waals surface area contributed by atoms with Crippen molar-refractivity contribution in [2.75, 3.05) is 0 Å². The summed E-state index contributed by atoms with van der Waals surface area (Å²) in [6, 6.07) is 0. The Kier molecular flexibility index (Phi) is 2.83. The Morgan fingerprint density at radius 2 is 1.50 bits per heavy atom. The molecule has 0 bridgehead atoms. The highest BCUT2D eigenvalue weighted by atomic mass is 79.9. The Morgan fingerprint density at radius 1 is 1.00 bits per heavy atom. The van der Waals surface area contributed by atoms with Crippen LogP contribution in [0.5, 0.6) is 0 Å². The van der Waals surface area contributed by atoms with Gasteiger partial charge >= 0.3 is 0 Å². The van der Waals surface area contributed by atoms with Gasteiger partial charge in [-0.05, 0) is 15.9 Å². The quantitative estimate of drug-likeness (QED) is 0.703. The Morgan fingerprint density at radius 3 is 1.71 bits per heavy atom. The molecule has 0 aromatic carbocycles. The minimum absolute atomic E-state index is 0.0197. The fourth-order valence-corrected chi connectivity index (χ4v) is 1.92. The molecule has 0 aliphatic rings. The third-order valence-corrected chi connectivity index (χ3v) is 2.48. The molecular formula is C11H18BrNO. The van der Waals surface area contributed by atoms with E-state index in [1.54, 1.807) is 0 Å². The molecule has 0 saturated heterocycles. The molecule has 2 nitrogen and oxygen atoms in total. The molecule has 1 aromatic rings. The number of nitrogens with zero attached hydrogens (tertiary/aromatic N) is 1. The van der Waals surface area contributed by atoms with E-state index in [9.17, 15) is 0 Å². The first-order chi connectivity index (χ1) is 6.12. The van der Waals surface area contributed by atoms with Crippen molar-refractivity contribution in [3.8, 4) is 0 Å². The highest BCUT2D eigenvalue weighted by molar-refractivity contribution is 9.10. The maximum absolute atomic E-state index is 5.61. The van der Waals surface area contributed by atoms with Gasteiger partial charge in [0.25, 0.3) is 0 Å². The first kappa shape index (κ1) is 11.8. The summed E-state index contributed by atoms with van der Waals surface area (Å²) in [7, 11) is 0. The summed E-state index contributed by atoms with van der Waals surface area (Å²) in [5, 5.41) is 0. The number of aromatic nitrogens is 1. The van der Waals surface area contributed by atoms with E-state index in [0.29, 0.717) is 0 Å². The fraction of sp³-hybridized carbons (Fsp3) is 0.727. The molecule has 0 unspecified atom stereocenters. The van der Waals surface area contributed by atoms with Crippen molar-refractivity contribution in [3.05, 3.63) is 16.3 Å². The van der Waals surface area contributed by atoms with Crippen molar-refractivity contribution in [1.82, 2.24) is 4.98 Å². The van der Waals surface area contributed by atoms with Crippen molar-refractivity contribution >= 4 is 15.9 Å². The second-order valence-electron chi connectivity index (χ2n) is 5.64. The summed E-state index contributed by atoms with van der Waals surface area (Å²) in [6.07, 6.45) is 0. The summed E-state index contributed by atoms with van der Waals surface area (Å²) in [4.78, 5) is 4.54. The van der Waals surface area contributed by atoms with E-state index in [0.717, 1.165) is 16.3 Å². The number of hydrogen-bond donors (Lipinski definition) is 0. The lowest BCUT2D eigenvalue weighted by atomic mass is 9.92. The molecule has 0 aliphatic heterocycles. The van der Waals surface area contributed by atoms with Crippen molar-refractivity contribution in [2.24, 2.45) is 0 Å². The summed E-state index contributed by atoms with van der Waals surface area (Å²) in [5.41, 5.74) is 0.972. The number of halogens is 1. The summed E-state index contributed by atoms with van der Waals surface area (Å²) in [5.74, 6) is 0.786. The van der Waals surface area contributed by atoms with E-state index in [1.165, 1.54) is 0 Å². The van der Waals surface area contributed by atoms with Crippen LogP contribution in [-0.2, 0) is 10.8 Å². The molecule has 0 saturated carbocycles. The molecule has 0 atom stereocenters. The fourth-order valence-electron chi connectivity index (χ4n) is 1.08. The maximum Gasteiger partial charge on any atom is 0.201 e. The zero-order valence-corrected chi connectivity index (χ0v) is 11.3. The average Bonchev–Trinajstić information content (AvgIpc) is 2.27. The van der Waals surface area contributed by atoms with Gasteiger partial charge in [-0.15, -0.1) is 0 Å². The Bertz CT molecular complexity index is 328. The van der Waals surface area contributed by atoms with Gasteiger partial charge in [0, 0.05) is 10.8 Å². The van der Waals surface area contributed by atoms with E-state index in [2.05, 4.69) is 62.5 Å². The van der Waals surface area contributed by atoms with E-state index in [4.69, 9.17) is 4.42 Å². The second-order valence-corrected chi connectivity index (χ2v) is 6.36. The lowest BCUT2D eigenvalue weighted by Crippen LogP contribution is -2.15. The van der Waals surface area contributed by atoms with Crippen LogP contribution in [0.25, 0.3) is 0 Å². The standard InChI is InChI=1S/C11H18BrNO/c1-10(2,3)7-8(12)14-9(13-7)11(4,5)6/h1-6H3. The molecule has 1 heterocycles. The van der Waals surface area contributed by atoms with Crippen molar-refractivity contribution in [3.63, 3.8) is 0 Å². The van der Waals surface area contributed by atoms with Crippen LogP contribution in [0.4, 0.5) is 0 Å². The maximum atomic E-state index is 5.61. The predicted octanol–water partition coefficient (Wildman–Crippen LogP) is 4.03. The largest absolute Gasteiger partial charge is 0.433 e. The van der Waals surface area contributed by atoms with Gasteiger partial charge in [0.15, 0.2) is 4.67 Å². The van der Waals surface area contributed by atoms with Gasteiger partial charge in [0.2, 0.25) is 5.89 Å². The molecule has 1 rings (SSSR count). The van der Waals surface area contributed by atoms with Crippen LogP contribution in [0.1, 0.15) is 53.1 Å². The first-order valence-corrected chi connectivity index (χ1v) is 5.59. The third-order valence-electron chi connectivity index (χ3n) is 1.94. The second kappa shape index (κ2) is 3.37. The topological polar surface area (TPSA) is 26.0 Å². The van der Waals surface area contributed by atoms with E-state index in [-0.39, 0.29) is 10.8 Å². The minimum atomic E-state index is -0.0357. The van der Waals surface area contributed by atoms with Gasteiger partial charge in [-0.25, -0.2) is 4.98 Å². The summed E-state index contributed by atoms with van der Waals surface area (Å²) >= 11 is 3.42. The van der Waals surface area contributed by atoms with Crippen molar-refractivity contribution in [1.29, 1.82) is 0 Å². The molecule has 0 spiro atoms. The van der Waals surface area contributed by atoms with Crippen LogP contribution in [0, 0.1) is 0 Å². The molecule has 0 amide bonds. The monoisotopic (exact) mass is 259 g/mol. The van der Waals surface area contributed by atoms with E-state index in [1.807, 2.05) is 0 Å². The van der Waals surface area contributed by atoms with Crippen LogP contribution < -0.4 is 0 Å². The van der Waals surface area contributed by atoms with Crippen LogP contribution in [0.2, 0.25) is 0 Å². The van der Waals surface area contributed by atoms with Gasteiger partial charge in [-0.2, -0.15) is 0 Å². The van der Waals surface area contributed by atoms with Gasteiger partial charge in [-0.3, -0.25) is 0 Å². The molecule has 0 N–H and O–H groups in total. The third kappa shape index (κ3) is 2.38. The first-order valence-electron chi connectivity index (χ1n) is 4.79. The van der Waals surface area contributed by atoms with Crippen molar-refractivity contribution in [2.45, 2.75) is 52.4 Å². The minimum Gasteiger partial charge on any atom is -0.433 e. The number of oxazole rings is 1. The van der Waals surface area contributed by atoms with Crippen LogP contribution in [0.3, 0.4) is 0 Å². The van der Waals surface area contributed by atoms with Gasteiger partial charge in [-0.1, -0.05) is 41.5 Å². The normalized spacial score (nSPS) is 13.4. The molecular weight excluding hydrogens is 242 g/mol. The van der Waals surface area contributed by atoms with Crippen molar-refractivity contribution < 1.29 is 4.42 Å². The lowest BCUT2D eigenvalue weighted by molar-refractivity contribution is 0.381. The molecule has 0 radical (unpaired) electrons. The average molecular weight is 260 g/mol. The molecule has 14 heavy (non-hydrogen) atoms. The Hall–Kier alpha value is -0.310. The number of rotatable bonds is 0. The molecule has 1 aromatic heterocycles. The predicted molar refractivity (Wildman–Crippen MR) is 61.6 cm³/mol. The zero-order valence-electron chi connectivity index (χ0n) is 9.73. The SMILES string of the molecule is CC(C)(C)c1nc(C(C)(C)C)c(Br)o1. The van der Waals surface area contributed by atoms with E-state index < -0.39 is 0 Å². The highest BCUT2D eigenvalue weighted by Crippen LogP contribution is 2.33. The highest BCUT2D eigenvalue weighted by Gasteiger charge is 2.28. The van der Waals surface area contributed by atoms with E-state index >= 15 is 0 Å².